The van der Waals surface area contributed by atoms with Gasteiger partial charge in [0, 0.05) is 10.8 Å². The van der Waals surface area contributed by atoms with Gasteiger partial charge in [-0.2, -0.15) is 0 Å². The summed E-state index contributed by atoms with van der Waals surface area (Å²) >= 11 is 0. The number of halogens is 3. The van der Waals surface area contributed by atoms with Gasteiger partial charge in [-0.3, -0.25) is 0 Å². The normalized spacial score (nSPS) is 11.2. The van der Waals surface area contributed by atoms with Gasteiger partial charge in [0.25, 0.3) is 0 Å². The van der Waals surface area contributed by atoms with E-state index >= 15 is 8.78 Å². The van der Waals surface area contributed by atoms with Crippen LogP contribution in [0.15, 0.2) is 78.9 Å². The van der Waals surface area contributed by atoms with Gasteiger partial charge in [-0.1, -0.05) is 60.7 Å². The summed E-state index contributed by atoms with van der Waals surface area (Å²) < 4.78 is 50.8. The van der Waals surface area contributed by atoms with Gasteiger partial charge < -0.3 is 4.74 Å². The second-order valence-corrected chi connectivity index (χ2v) is 8.36. The van der Waals surface area contributed by atoms with Crippen molar-refractivity contribution >= 4 is 34.6 Å². The second kappa shape index (κ2) is 7.65. The molecule has 0 aliphatic rings. The lowest BCUT2D eigenvalue weighted by molar-refractivity contribution is 0.415. The van der Waals surface area contributed by atoms with E-state index < -0.39 is 25.4 Å². The van der Waals surface area contributed by atoms with Crippen LogP contribution in [0.2, 0.25) is 0 Å². The lowest BCUT2D eigenvalue weighted by Crippen LogP contribution is -2.26. The van der Waals surface area contributed by atoms with Crippen molar-refractivity contribution in [2.24, 2.45) is 0 Å². The van der Waals surface area contributed by atoms with Gasteiger partial charge in [0.05, 0.1) is 12.4 Å². The molecule has 5 heteroatoms. The minimum absolute atomic E-state index is 0.00705. The first kappa shape index (κ1) is 18.5. The molecule has 0 aliphatic heterocycles. The Morgan fingerprint density at radius 2 is 1.21 bits per heavy atom. The first-order valence-corrected chi connectivity index (χ1v) is 10.0. The van der Waals surface area contributed by atoms with Crippen molar-refractivity contribution in [3.63, 3.8) is 0 Å². The molecule has 0 heterocycles. The van der Waals surface area contributed by atoms with E-state index in [-0.39, 0.29) is 16.1 Å². The maximum absolute atomic E-state index is 15.6. The smallest absolute Gasteiger partial charge is 0.170 e. The molecule has 0 radical (unpaired) electrons. The molecule has 0 atom stereocenters. The summed E-state index contributed by atoms with van der Waals surface area (Å²) in [5.74, 6) is -2.57. The Kier molecular flexibility index (Phi) is 5.06. The number of hydrogen-bond acceptors (Lipinski definition) is 1. The maximum atomic E-state index is 15.6. The molecule has 0 saturated heterocycles. The number of benzene rings is 4. The van der Waals surface area contributed by atoms with E-state index in [0.29, 0.717) is 5.75 Å². The summed E-state index contributed by atoms with van der Waals surface area (Å²) in [6.45, 7) is 0. The Labute approximate surface area is 162 Å². The highest BCUT2D eigenvalue weighted by Gasteiger charge is 2.28. The summed E-state index contributed by atoms with van der Waals surface area (Å²) in [6, 6.07) is 22.4. The number of ether oxygens (including phenoxy) is 1. The van der Waals surface area contributed by atoms with Crippen molar-refractivity contribution in [2.45, 2.75) is 0 Å². The Morgan fingerprint density at radius 1 is 0.643 bits per heavy atom. The second-order valence-electron chi connectivity index (χ2n) is 6.21. The number of fused-ring (bicyclic) bond motifs is 1. The van der Waals surface area contributed by atoms with Crippen LogP contribution >= 0.6 is 7.92 Å². The van der Waals surface area contributed by atoms with E-state index in [2.05, 4.69) is 0 Å². The van der Waals surface area contributed by atoms with Gasteiger partial charge in [0.1, 0.15) is 11.6 Å². The molecular weight excluding hydrogens is 380 g/mol. The fraction of sp³-hybridized carbons (Fsp3) is 0.0435. The van der Waals surface area contributed by atoms with E-state index in [1.807, 2.05) is 60.7 Å². The molecule has 0 fully saturated rings. The Hall–Kier alpha value is -2.84. The van der Waals surface area contributed by atoms with Crippen molar-refractivity contribution in [3.05, 3.63) is 96.3 Å². The van der Waals surface area contributed by atoms with Crippen molar-refractivity contribution in [1.29, 1.82) is 0 Å². The first-order chi connectivity index (χ1) is 13.6. The van der Waals surface area contributed by atoms with Gasteiger partial charge in [-0.25, -0.2) is 13.2 Å². The summed E-state index contributed by atoms with van der Waals surface area (Å²) in [6.07, 6.45) is 0. The predicted molar refractivity (Wildman–Crippen MR) is 109 cm³/mol. The van der Waals surface area contributed by atoms with Gasteiger partial charge in [0.2, 0.25) is 0 Å². The summed E-state index contributed by atoms with van der Waals surface area (Å²) in [7, 11) is -0.177. The van der Waals surface area contributed by atoms with E-state index in [1.165, 1.54) is 25.3 Å². The highest BCUT2D eigenvalue weighted by atomic mass is 31.1. The van der Waals surface area contributed by atoms with Crippen LogP contribution in [0.3, 0.4) is 0 Å². The zero-order valence-corrected chi connectivity index (χ0v) is 15.9. The van der Waals surface area contributed by atoms with Crippen LogP contribution in [-0.2, 0) is 0 Å². The van der Waals surface area contributed by atoms with Crippen molar-refractivity contribution in [3.8, 4) is 5.75 Å². The first-order valence-electron chi connectivity index (χ1n) is 8.66. The van der Waals surface area contributed by atoms with Crippen molar-refractivity contribution < 1.29 is 17.9 Å². The fourth-order valence-electron chi connectivity index (χ4n) is 3.23. The van der Waals surface area contributed by atoms with Crippen LogP contribution in [0.25, 0.3) is 10.8 Å². The quantitative estimate of drug-likeness (QED) is 0.348. The molecule has 0 aliphatic carbocycles. The third kappa shape index (κ3) is 3.14. The van der Waals surface area contributed by atoms with E-state index in [4.69, 9.17) is 4.74 Å². The minimum atomic E-state index is -1.62. The molecule has 4 rings (SSSR count). The molecule has 140 valence electrons. The zero-order valence-electron chi connectivity index (χ0n) is 15.0. The summed E-state index contributed by atoms with van der Waals surface area (Å²) in [5, 5.41) is 1.14. The zero-order chi connectivity index (χ0) is 19.7. The molecule has 1 nitrogen and oxygen atoms in total. The lowest BCUT2D eigenvalue weighted by atomic mass is 10.1. The molecule has 0 amide bonds. The molecule has 0 spiro atoms. The molecule has 0 unspecified atom stereocenters. The maximum Gasteiger partial charge on any atom is 0.170 e. The Morgan fingerprint density at radius 3 is 1.75 bits per heavy atom. The van der Waals surface area contributed by atoms with Crippen LogP contribution in [0.5, 0.6) is 5.75 Å². The lowest BCUT2D eigenvalue weighted by Gasteiger charge is -2.22. The molecule has 4 aromatic rings. The minimum Gasteiger partial charge on any atom is -0.497 e. The molecule has 0 saturated carbocycles. The molecule has 28 heavy (non-hydrogen) atoms. The standard InChI is InChI=1S/C23H16F3OP/c1-27-15-12-13-18-19(14-15)21(25)23(22(26)20(18)24)28(16-8-4-2-5-9-16)17-10-6-3-7-11-17/h2-14H,1H3. The van der Waals surface area contributed by atoms with Crippen molar-refractivity contribution in [2.75, 3.05) is 7.11 Å². The monoisotopic (exact) mass is 396 g/mol. The third-order valence-corrected chi connectivity index (χ3v) is 7.03. The van der Waals surface area contributed by atoms with Gasteiger partial charge >= 0.3 is 0 Å². The Bertz CT molecular complexity index is 1090. The molecule has 0 aromatic heterocycles. The van der Waals surface area contributed by atoms with Crippen LogP contribution in [-0.4, -0.2) is 7.11 Å². The van der Waals surface area contributed by atoms with E-state index in [0.717, 1.165) is 10.6 Å². The van der Waals surface area contributed by atoms with Crippen molar-refractivity contribution in [1.82, 2.24) is 0 Å². The number of rotatable bonds is 4. The van der Waals surface area contributed by atoms with Crippen LogP contribution in [0.1, 0.15) is 0 Å². The highest BCUT2D eigenvalue weighted by Crippen LogP contribution is 2.38. The van der Waals surface area contributed by atoms with Crippen LogP contribution < -0.4 is 20.7 Å². The topological polar surface area (TPSA) is 9.23 Å². The Balaban J connectivity index is 2.06. The van der Waals surface area contributed by atoms with E-state index in [9.17, 15) is 4.39 Å². The SMILES string of the molecule is COc1ccc2c(F)c(F)c(P(c3ccccc3)c3ccccc3)c(F)c2c1. The van der Waals surface area contributed by atoms with Crippen LogP contribution in [0.4, 0.5) is 13.2 Å². The number of hydrogen-bond donors (Lipinski definition) is 0. The molecular formula is C23H16F3OP. The summed E-state index contributed by atoms with van der Waals surface area (Å²) in [5.41, 5.74) is 0. The van der Waals surface area contributed by atoms with E-state index in [1.54, 1.807) is 0 Å². The summed E-state index contributed by atoms with van der Waals surface area (Å²) in [4.78, 5) is 0. The van der Waals surface area contributed by atoms with Crippen LogP contribution in [0, 0.1) is 17.5 Å². The molecule has 0 N–H and O–H groups in total. The van der Waals surface area contributed by atoms with Gasteiger partial charge in [-0.05, 0) is 36.7 Å². The molecule has 4 aromatic carbocycles. The fourth-order valence-corrected chi connectivity index (χ4v) is 5.59. The predicted octanol–water partition coefficient (Wildman–Crippen LogP) is 5.02. The van der Waals surface area contributed by atoms with Gasteiger partial charge in [-0.15, -0.1) is 0 Å². The number of methoxy groups -OCH3 is 1. The third-order valence-electron chi connectivity index (χ3n) is 4.56. The van der Waals surface area contributed by atoms with Gasteiger partial charge in [0.15, 0.2) is 11.6 Å². The highest BCUT2D eigenvalue weighted by molar-refractivity contribution is 7.79. The largest absolute Gasteiger partial charge is 0.497 e. The average molecular weight is 396 g/mol. The average Bonchev–Trinajstić information content (AvgIpc) is 2.76. The molecule has 0 bridgehead atoms.